The molecule has 2 aromatic carbocycles. The summed E-state index contributed by atoms with van der Waals surface area (Å²) in [4.78, 5) is 10.5. The Labute approximate surface area is 155 Å². The molecular weight excluding hydrogens is 380 g/mol. The number of carboxylic acids is 1. The average molecular weight is 397 g/mol. The van der Waals surface area contributed by atoms with Gasteiger partial charge in [-0.1, -0.05) is 0 Å². The number of rotatable bonds is 5. The number of fused-ring (bicyclic) bond motifs is 1. The van der Waals surface area contributed by atoms with Crippen LogP contribution in [0.2, 0.25) is 0 Å². The van der Waals surface area contributed by atoms with E-state index in [2.05, 4.69) is 0 Å². The van der Waals surface area contributed by atoms with Gasteiger partial charge >= 0.3 is 5.97 Å². The van der Waals surface area contributed by atoms with Gasteiger partial charge in [0.25, 0.3) is 10.0 Å². The minimum Gasteiger partial charge on any atom is -0.482 e. The number of benzene rings is 2. The van der Waals surface area contributed by atoms with Gasteiger partial charge in [-0.05, 0) is 55.2 Å². The fourth-order valence-corrected chi connectivity index (χ4v) is 4.70. The average Bonchev–Trinajstić information content (AvgIpc) is 2.59. The first-order chi connectivity index (χ1) is 12.7. The molecule has 0 spiro atoms. The molecule has 144 valence electrons. The van der Waals surface area contributed by atoms with E-state index in [0.29, 0.717) is 30.0 Å². The Balaban J connectivity index is 1.99. The normalized spacial score (nSPS) is 14.0. The third kappa shape index (κ3) is 3.73. The van der Waals surface area contributed by atoms with Gasteiger partial charge in [-0.3, -0.25) is 4.31 Å². The van der Waals surface area contributed by atoms with E-state index in [9.17, 15) is 22.0 Å². The summed E-state index contributed by atoms with van der Waals surface area (Å²) in [5.41, 5.74) is 0.598. The van der Waals surface area contributed by atoms with E-state index in [1.54, 1.807) is 6.92 Å². The van der Waals surface area contributed by atoms with E-state index in [1.807, 2.05) is 0 Å². The molecule has 0 unspecified atom stereocenters. The van der Waals surface area contributed by atoms with E-state index >= 15 is 0 Å². The van der Waals surface area contributed by atoms with Crippen molar-refractivity contribution in [2.24, 2.45) is 0 Å². The summed E-state index contributed by atoms with van der Waals surface area (Å²) in [6.07, 6.45) is 0.824. The van der Waals surface area contributed by atoms with Crippen molar-refractivity contribution < 1.29 is 31.8 Å². The lowest BCUT2D eigenvalue weighted by molar-refractivity contribution is -0.139. The fourth-order valence-electron chi connectivity index (χ4n) is 3.07. The van der Waals surface area contributed by atoms with Crippen LogP contribution < -0.4 is 9.04 Å². The maximum absolute atomic E-state index is 14.3. The smallest absolute Gasteiger partial charge is 0.341 e. The molecule has 1 N–H and O–H groups in total. The van der Waals surface area contributed by atoms with Gasteiger partial charge in [-0.2, -0.15) is 0 Å². The Bertz CT molecular complexity index is 1010. The quantitative estimate of drug-likeness (QED) is 0.839. The van der Waals surface area contributed by atoms with Crippen molar-refractivity contribution in [2.75, 3.05) is 17.5 Å². The maximum atomic E-state index is 14.3. The Morgan fingerprint density at radius 3 is 2.67 bits per heavy atom. The number of hydrogen-bond acceptors (Lipinski definition) is 4. The molecule has 0 fully saturated rings. The molecule has 1 aliphatic rings. The predicted molar refractivity (Wildman–Crippen MR) is 93.5 cm³/mol. The van der Waals surface area contributed by atoms with E-state index < -0.39 is 34.2 Å². The summed E-state index contributed by atoms with van der Waals surface area (Å²) in [7, 11) is -4.08. The second-order valence-corrected chi connectivity index (χ2v) is 8.05. The molecule has 6 nitrogen and oxygen atoms in total. The van der Waals surface area contributed by atoms with Gasteiger partial charge in [0.1, 0.15) is 11.6 Å². The highest BCUT2D eigenvalue weighted by molar-refractivity contribution is 7.92. The summed E-state index contributed by atoms with van der Waals surface area (Å²) in [6, 6.07) is 5.78. The van der Waals surface area contributed by atoms with Gasteiger partial charge in [-0.15, -0.1) is 0 Å². The highest BCUT2D eigenvalue weighted by Gasteiger charge is 2.32. The zero-order valence-electron chi connectivity index (χ0n) is 14.4. The Hall–Kier alpha value is -2.68. The third-order valence-electron chi connectivity index (χ3n) is 4.25. The van der Waals surface area contributed by atoms with Crippen LogP contribution in [0.25, 0.3) is 0 Å². The summed E-state index contributed by atoms with van der Waals surface area (Å²) in [6.45, 7) is 1.10. The zero-order chi connectivity index (χ0) is 19.8. The number of nitrogens with zero attached hydrogens (tertiary/aromatic N) is 1. The van der Waals surface area contributed by atoms with Gasteiger partial charge in [0.05, 0.1) is 10.6 Å². The van der Waals surface area contributed by atoms with Crippen molar-refractivity contribution >= 4 is 21.7 Å². The standard InChI is InChI=1S/C18H17F2NO5S/c1-11-7-14(4-5-16(11)26-10-17(22)23)27(24,25)21-6-2-3-12-8-13(19)9-15(20)18(12)21/h4-5,7-9H,2-3,6,10H2,1H3,(H,22,23). The number of sulfonamides is 1. The molecule has 0 amide bonds. The van der Waals surface area contributed by atoms with E-state index in [1.165, 1.54) is 18.2 Å². The minimum atomic E-state index is -4.08. The highest BCUT2D eigenvalue weighted by atomic mass is 32.2. The van der Waals surface area contributed by atoms with Crippen LogP contribution in [-0.4, -0.2) is 32.6 Å². The van der Waals surface area contributed by atoms with E-state index in [-0.39, 0.29) is 22.9 Å². The Kier molecular flexibility index (Phi) is 5.05. The first-order valence-corrected chi connectivity index (χ1v) is 9.60. The molecule has 0 bridgehead atoms. The lowest BCUT2D eigenvalue weighted by Gasteiger charge is -2.31. The van der Waals surface area contributed by atoms with Gasteiger partial charge in [-0.25, -0.2) is 22.0 Å². The van der Waals surface area contributed by atoms with Crippen LogP contribution in [-0.2, 0) is 21.2 Å². The van der Waals surface area contributed by atoms with Crippen LogP contribution >= 0.6 is 0 Å². The molecular formula is C18H17F2NO5S. The fraction of sp³-hybridized carbons (Fsp3) is 0.278. The molecule has 1 aliphatic heterocycles. The Morgan fingerprint density at radius 1 is 1.26 bits per heavy atom. The van der Waals surface area contributed by atoms with Crippen molar-refractivity contribution in [3.8, 4) is 5.75 Å². The first kappa shape index (κ1) is 19.1. The molecule has 9 heteroatoms. The van der Waals surface area contributed by atoms with Crippen LogP contribution in [0.4, 0.5) is 14.5 Å². The van der Waals surface area contributed by atoms with Crippen LogP contribution in [0.15, 0.2) is 35.2 Å². The molecule has 0 aliphatic carbocycles. The minimum absolute atomic E-state index is 0.0776. The largest absolute Gasteiger partial charge is 0.482 e. The van der Waals surface area contributed by atoms with Gasteiger partial charge in [0.2, 0.25) is 0 Å². The zero-order valence-corrected chi connectivity index (χ0v) is 15.2. The van der Waals surface area contributed by atoms with Crippen LogP contribution in [0.5, 0.6) is 5.75 Å². The number of aryl methyl sites for hydroxylation is 2. The van der Waals surface area contributed by atoms with Crippen LogP contribution in [0, 0.1) is 18.6 Å². The third-order valence-corrected chi connectivity index (χ3v) is 6.04. The number of halogens is 2. The van der Waals surface area contributed by atoms with Gasteiger partial charge in [0, 0.05) is 12.6 Å². The monoisotopic (exact) mass is 397 g/mol. The topological polar surface area (TPSA) is 83.9 Å². The summed E-state index contributed by atoms with van der Waals surface area (Å²) in [5.74, 6) is -2.59. The molecule has 0 aromatic heterocycles. The van der Waals surface area contributed by atoms with E-state index in [0.717, 1.165) is 10.4 Å². The second kappa shape index (κ2) is 7.15. The predicted octanol–water partition coefficient (Wildman–Crippen LogP) is 2.88. The number of ether oxygens (including phenoxy) is 1. The maximum Gasteiger partial charge on any atom is 0.341 e. The van der Waals surface area contributed by atoms with Crippen molar-refractivity contribution in [1.29, 1.82) is 0 Å². The molecule has 2 aromatic rings. The highest BCUT2D eigenvalue weighted by Crippen LogP contribution is 2.35. The molecule has 27 heavy (non-hydrogen) atoms. The molecule has 0 atom stereocenters. The molecule has 0 saturated heterocycles. The summed E-state index contributed by atoms with van der Waals surface area (Å²) >= 11 is 0. The SMILES string of the molecule is Cc1cc(S(=O)(=O)N2CCCc3cc(F)cc(F)c32)ccc1OCC(=O)O. The molecule has 0 radical (unpaired) electrons. The van der Waals surface area contributed by atoms with Gasteiger partial charge < -0.3 is 9.84 Å². The molecule has 1 heterocycles. The number of carboxylic acid groups (broad SMARTS) is 1. The van der Waals surface area contributed by atoms with Crippen LogP contribution in [0.1, 0.15) is 17.5 Å². The Morgan fingerprint density at radius 2 is 2.00 bits per heavy atom. The van der Waals surface area contributed by atoms with Crippen molar-refractivity contribution in [3.05, 3.63) is 53.1 Å². The van der Waals surface area contributed by atoms with Gasteiger partial charge in [0.15, 0.2) is 12.4 Å². The lowest BCUT2D eigenvalue weighted by atomic mass is 10.0. The van der Waals surface area contributed by atoms with Crippen molar-refractivity contribution in [1.82, 2.24) is 0 Å². The van der Waals surface area contributed by atoms with Crippen molar-refractivity contribution in [3.63, 3.8) is 0 Å². The summed E-state index contributed by atoms with van der Waals surface area (Å²) < 4.78 is 59.9. The first-order valence-electron chi connectivity index (χ1n) is 8.16. The second-order valence-electron chi connectivity index (χ2n) is 6.19. The number of hydrogen-bond donors (Lipinski definition) is 1. The van der Waals surface area contributed by atoms with E-state index in [4.69, 9.17) is 9.84 Å². The molecule has 0 saturated carbocycles. The van der Waals surface area contributed by atoms with Crippen LogP contribution in [0.3, 0.4) is 0 Å². The molecule has 3 rings (SSSR count). The lowest BCUT2D eigenvalue weighted by Crippen LogP contribution is -2.36. The number of aliphatic carboxylic acids is 1. The number of anilines is 1. The summed E-state index contributed by atoms with van der Waals surface area (Å²) in [5, 5.41) is 8.67. The number of carbonyl (C=O) groups is 1. The van der Waals surface area contributed by atoms with Crippen molar-refractivity contribution in [2.45, 2.75) is 24.7 Å².